The molecule has 142 valence electrons. The predicted octanol–water partition coefficient (Wildman–Crippen LogP) is 1.54. The maximum atomic E-state index is 12.5. The van der Waals surface area contributed by atoms with Crippen molar-refractivity contribution in [2.24, 2.45) is 0 Å². The molecule has 2 atom stereocenters. The third kappa shape index (κ3) is 3.91. The number of anilines is 1. The van der Waals surface area contributed by atoms with Gasteiger partial charge in [0.05, 0.1) is 12.6 Å². The SMILES string of the molecule is N#C[C@@H]1CCCN1C(=O)CN1CC[C@H](Oc2ccc3c(c2)CCC(=O)N3)C1. The predicted molar refractivity (Wildman–Crippen MR) is 99.2 cm³/mol. The molecule has 2 saturated heterocycles. The van der Waals surface area contributed by atoms with E-state index in [9.17, 15) is 9.59 Å². The second-order valence-electron chi connectivity index (χ2n) is 7.51. The molecular formula is C20H24N4O3. The van der Waals surface area contributed by atoms with Crippen LogP contribution in [0.4, 0.5) is 5.69 Å². The third-order valence-electron chi connectivity index (χ3n) is 5.59. The number of ether oxygens (including phenoxy) is 1. The maximum absolute atomic E-state index is 12.5. The van der Waals surface area contributed by atoms with E-state index in [-0.39, 0.29) is 24.0 Å². The Morgan fingerprint density at radius 3 is 3.04 bits per heavy atom. The molecule has 3 heterocycles. The Bertz CT molecular complexity index is 788. The van der Waals surface area contributed by atoms with E-state index in [1.54, 1.807) is 4.90 Å². The number of benzene rings is 1. The topological polar surface area (TPSA) is 85.7 Å². The highest BCUT2D eigenvalue weighted by Gasteiger charge is 2.32. The van der Waals surface area contributed by atoms with Crippen molar-refractivity contribution in [2.45, 2.75) is 44.2 Å². The summed E-state index contributed by atoms with van der Waals surface area (Å²) in [6.07, 6.45) is 3.87. The van der Waals surface area contributed by atoms with Gasteiger partial charge in [-0.15, -0.1) is 0 Å². The summed E-state index contributed by atoms with van der Waals surface area (Å²) in [4.78, 5) is 27.8. The van der Waals surface area contributed by atoms with Gasteiger partial charge >= 0.3 is 0 Å². The molecule has 1 N–H and O–H groups in total. The van der Waals surface area contributed by atoms with Crippen LogP contribution in [0.2, 0.25) is 0 Å². The number of aryl methyl sites for hydroxylation is 1. The quantitative estimate of drug-likeness (QED) is 0.871. The van der Waals surface area contributed by atoms with Gasteiger partial charge in [0, 0.05) is 31.7 Å². The number of carbonyl (C=O) groups is 2. The fourth-order valence-corrected chi connectivity index (χ4v) is 4.14. The summed E-state index contributed by atoms with van der Waals surface area (Å²) in [5.74, 6) is 0.917. The number of nitriles is 1. The molecule has 1 aromatic rings. The van der Waals surface area contributed by atoms with E-state index < -0.39 is 0 Å². The number of amides is 2. The van der Waals surface area contributed by atoms with Gasteiger partial charge in [0.1, 0.15) is 17.9 Å². The zero-order valence-electron chi connectivity index (χ0n) is 15.3. The van der Waals surface area contributed by atoms with Gasteiger partial charge in [-0.1, -0.05) is 0 Å². The van der Waals surface area contributed by atoms with E-state index in [4.69, 9.17) is 10.00 Å². The minimum Gasteiger partial charge on any atom is -0.489 e. The molecule has 4 rings (SSSR count). The minimum absolute atomic E-state index is 0.0456. The summed E-state index contributed by atoms with van der Waals surface area (Å²) in [6.45, 7) is 2.58. The first-order valence-electron chi connectivity index (χ1n) is 9.63. The highest BCUT2D eigenvalue weighted by Crippen LogP contribution is 2.28. The van der Waals surface area contributed by atoms with Gasteiger partial charge in [0.15, 0.2) is 0 Å². The number of hydrogen-bond donors (Lipinski definition) is 1. The average Bonchev–Trinajstić information content (AvgIpc) is 3.31. The number of nitrogens with zero attached hydrogens (tertiary/aromatic N) is 3. The molecule has 0 saturated carbocycles. The fraction of sp³-hybridized carbons (Fsp3) is 0.550. The van der Waals surface area contributed by atoms with Crippen LogP contribution < -0.4 is 10.1 Å². The largest absolute Gasteiger partial charge is 0.489 e. The Labute approximate surface area is 158 Å². The fourth-order valence-electron chi connectivity index (χ4n) is 4.14. The molecule has 7 nitrogen and oxygen atoms in total. The molecule has 3 aliphatic heterocycles. The van der Waals surface area contributed by atoms with Crippen molar-refractivity contribution in [3.05, 3.63) is 23.8 Å². The first-order valence-corrected chi connectivity index (χ1v) is 9.63. The molecule has 0 unspecified atom stereocenters. The van der Waals surface area contributed by atoms with Gasteiger partial charge in [-0.3, -0.25) is 14.5 Å². The smallest absolute Gasteiger partial charge is 0.237 e. The minimum atomic E-state index is -0.261. The number of carbonyl (C=O) groups excluding carboxylic acids is 2. The molecular weight excluding hydrogens is 344 g/mol. The van der Waals surface area contributed by atoms with Gasteiger partial charge in [0.25, 0.3) is 0 Å². The lowest BCUT2D eigenvalue weighted by Gasteiger charge is -2.23. The van der Waals surface area contributed by atoms with Crippen molar-refractivity contribution in [3.63, 3.8) is 0 Å². The van der Waals surface area contributed by atoms with Crippen molar-refractivity contribution in [2.75, 3.05) is 31.5 Å². The molecule has 0 bridgehead atoms. The van der Waals surface area contributed by atoms with Crippen LogP contribution in [0.25, 0.3) is 0 Å². The number of likely N-dealkylation sites (tertiary alicyclic amines) is 2. The van der Waals surface area contributed by atoms with Gasteiger partial charge in [-0.2, -0.15) is 5.26 Å². The van der Waals surface area contributed by atoms with Crippen molar-refractivity contribution in [3.8, 4) is 11.8 Å². The molecule has 27 heavy (non-hydrogen) atoms. The first kappa shape index (κ1) is 17.8. The Kier molecular flexibility index (Phi) is 4.99. The zero-order valence-corrected chi connectivity index (χ0v) is 15.3. The summed E-state index contributed by atoms with van der Waals surface area (Å²) in [5.41, 5.74) is 1.98. The van der Waals surface area contributed by atoms with Crippen molar-refractivity contribution in [1.82, 2.24) is 9.80 Å². The van der Waals surface area contributed by atoms with Gasteiger partial charge in [-0.25, -0.2) is 0 Å². The van der Waals surface area contributed by atoms with E-state index in [1.165, 1.54) is 0 Å². The normalized spacial score (nSPS) is 25.0. The van der Waals surface area contributed by atoms with Crippen LogP contribution >= 0.6 is 0 Å². The Morgan fingerprint density at radius 1 is 1.30 bits per heavy atom. The van der Waals surface area contributed by atoms with Crippen LogP contribution in [-0.2, 0) is 16.0 Å². The van der Waals surface area contributed by atoms with Gasteiger partial charge in [-0.05, 0) is 49.4 Å². The lowest BCUT2D eigenvalue weighted by atomic mass is 10.0. The Balaban J connectivity index is 1.30. The highest BCUT2D eigenvalue weighted by atomic mass is 16.5. The first-order chi connectivity index (χ1) is 13.1. The van der Waals surface area contributed by atoms with Crippen molar-refractivity contribution in [1.29, 1.82) is 5.26 Å². The van der Waals surface area contributed by atoms with Crippen molar-refractivity contribution < 1.29 is 14.3 Å². The van der Waals surface area contributed by atoms with Crippen LogP contribution in [0.5, 0.6) is 5.75 Å². The maximum Gasteiger partial charge on any atom is 0.237 e. The number of rotatable bonds is 4. The van der Waals surface area contributed by atoms with Crippen LogP contribution in [0.15, 0.2) is 18.2 Å². The summed E-state index contributed by atoms with van der Waals surface area (Å²) < 4.78 is 6.12. The van der Waals surface area contributed by atoms with Gasteiger partial charge in [0.2, 0.25) is 11.8 Å². The second kappa shape index (κ2) is 7.57. The molecule has 3 aliphatic rings. The molecule has 0 spiro atoms. The van der Waals surface area contributed by atoms with Crippen LogP contribution in [0.1, 0.15) is 31.2 Å². The summed E-state index contributed by atoms with van der Waals surface area (Å²) in [6, 6.07) is 7.75. The Morgan fingerprint density at radius 2 is 2.19 bits per heavy atom. The molecule has 0 aliphatic carbocycles. The van der Waals surface area contributed by atoms with E-state index in [0.29, 0.717) is 26.1 Å². The van der Waals surface area contributed by atoms with Crippen molar-refractivity contribution >= 4 is 17.5 Å². The Hall–Kier alpha value is -2.59. The summed E-state index contributed by atoms with van der Waals surface area (Å²) in [5, 5.41) is 12.0. The van der Waals surface area contributed by atoms with Crippen LogP contribution in [0, 0.1) is 11.3 Å². The van der Waals surface area contributed by atoms with E-state index in [1.807, 2.05) is 18.2 Å². The highest BCUT2D eigenvalue weighted by molar-refractivity contribution is 5.94. The molecule has 2 fully saturated rings. The van der Waals surface area contributed by atoms with E-state index in [2.05, 4.69) is 16.3 Å². The van der Waals surface area contributed by atoms with E-state index in [0.717, 1.165) is 49.2 Å². The van der Waals surface area contributed by atoms with Crippen LogP contribution in [0.3, 0.4) is 0 Å². The van der Waals surface area contributed by atoms with Crippen LogP contribution in [-0.4, -0.2) is 59.9 Å². The third-order valence-corrected chi connectivity index (χ3v) is 5.59. The van der Waals surface area contributed by atoms with E-state index >= 15 is 0 Å². The standard InChI is InChI=1S/C20H24N4O3/c21-11-15-2-1-8-24(15)20(26)13-23-9-7-17(12-23)27-16-4-5-18-14(10-16)3-6-19(25)22-18/h4-5,10,15,17H,1-3,6-9,12-13H2,(H,22,25)/t15-,17-/m0/s1. The molecule has 1 aromatic carbocycles. The lowest BCUT2D eigenvalue weighted by molar-refractivity contribution is -0.132. The zero-order chi connectivity index (χ0) is 18.8. The number of nitrogens with one attached hydrogen (secondary N) is 1. The molecule has 2 amide bonds. The lowest BCUT2D eigenvalue weighted by Crippen LogP contribution is -2.42. The molecule has 0 aromatic heterocycles. The summed E-state index contributed by atoms with van der Waals surface area (Å²) in [7, 11) is 0. The summed E-state index contributed by atoms with van der Waals surface area (Å²) >= 11 is 0. The number of hydrogen-bond acceptors (Lipinski definition) is 5. The second-order valence-corrected chi connectivity index (χ2v) is 7.51. The molecule has 7 heteroatoms. The molecule has 0 radical (unpaired) electrons. The average molecular weight is 368 g/mol. The van der Waals surface area contributed by atoms with Gasteiger partial charge < -0.3 is 15.0 Å². The number of fused-ring (bicyclic) bond motifs is 1. The monoisotopic (exact) mass is 368 g/mol.